The van der Waals surface area contributed by atoms with Gasteiger partial charge in [0.25, 0.3) is 0 Å². The molecule has 2 aliphatic heterocycles. The van der Waals surface area contributed by atoms with E-state index in [9.17, 15) is 9.18 Å². The van der Waals surface area contributed by atoms with E-state index in [1.165, 1.54) is 19.2 Å². The molecule has 0 amide bonds. The van der Waals surface area contributed by atoms with Gasteiger partial charge in [-0.15, -0.1) is 0 Å². The van der Waals surface area contributed by atoms with Crippen LogP contribution < -0.4 is 4.74 Å². The number of hydrogen-bond acceptors (Lipinski definition) is 5. The summed E-state index contributed by atoms with van der Waals surface area (Å²) in [6.07, 6.45) is 3.65. The van der Waals surface area contributed by atoms with Gasteiger partial charge in [0.2, 0.25) is 0 Å². The summed E-state index contributed by atoms with van der Waals surface area (Å²) in [5.74, 6) is -1.31. The number of esters is 1. The average molecular weight is 568 g/mol. The van der Waals surface area contributed by atoms with Gasteiger partial charge in [0, 0.05) is 65.5 Å². The highest BCUT2D eigenvalue weighted by molar-refractivity contribution is 5.86. The molecule has 1 unspecified atom stereocenters. The maximum absolute atomic E-state index is 16.2. The van der Waals surface area contributed by atoms with Crippen molar-refractivity contribution in [3.8, 4) is 5.75 Å². The fraction of sp³-hybridized carbons (Fsp3) is 0.531. The molecule has 6 nitrogen and oxygen atoms in total. The Morgan fingerprint density at radius 3 is 2.59 bits per heavy atom. The highest BCUT2D eigenvalue weighted by atomic mass is 19.1. The van der Waals surface area contributed by atoms with Crippen LogP contribution in [0.2, 0.25) is 0 Å². The van der Waals surface area contributed by atoms with Crippen LogP contribution in [-0.2, 0) is 16.0 Å². The molecular weight excluding hydrogens is 531 g/mol. The third-order valence-electron chi connectivity index (χ3n) is 10.0. The molecule has 9 heteroatoms. The van der Waals surface area contributed by atoms with E-state index in [0.717, 1.165) is 41.5 Å². The summed E-state index contributed by atoms with van der Waals surface area (Å²) in [5.41, 5.74) is 2.06. The molecule has 3 saturated carbocycles. The Morgan fingerprint density at radius 1 is 1.15 bits per heavy atom. The van der Waals surface area contributed by atoms with Gasteiger partial charge in [-0.1, -0.05) is 18.2 Å². The highest BCUT2D eigenvalue weighted by Crippen LogP contribution is 2.72. The smallest absolute Gasteiger partial charge is 0.312 e. The van der Waals surface area contributed by atoms with Crippen molar-refractivity contribution in [2.45, 2.75) is 69.2 Å². The van der Waals surface area contributed by atoms with E-state index in [0.29, 0.717) is 38.8 Å². The molecule has 3 atom stereocenters. The van der Waals surface area contributed by atoms with E-state index in [4.69, 9.17) is 9.47 Å². The molecule has 2 aromatic carbocycles. The first-order valence-corrected chi connectivity index (χ1v) is 14.7. The number of hydrogen-bond donors (Lipinski definition) is 1. The summed E-state index contributed by atoms with van der Waals surface area (Å²) >= 11 is 0. The minimum absolute atomic E-state index is 0.00421. The molecule has 0 radical (unpaired) electrons. The number of rotatable bonds is 8. The van der Waals surface area contributed by atoms with E-state index < -0.39 is 23.1 Å². The predicted octanol–water partition coefficient (Wildman–Crippen LogP) is 5.69. The van der Waals surface area contributed by atoms with Crippen molar-refractivity contribution in [2.75, 3.05) is 33.4 Å². The van der Waals surface area contributed by atoms with Crippen LogP contribution in [0.15, 0.2) is 36.4 Å². The molecule has 1 saturated heterocycles. The maximum Gasteiger partial charge on any atom is 0.312 e. The summed E-state index contributed by atoms with van der Waals surface area (Å²) in [6.45, 7) is 3.80. The van der Waals surface area contributed by atoms with Crippen LogP contribution in [0.25, 0.3) is 10.9 Å². The first-order valence-electron chi connectivity index (χ1n) is 14.7. The molecule has 3 heterocycles. The Kier molecular flexibility index (Phi) is 6.39. The molecule has 5 aliphatic rings. The maximum atomic E-state index is 16.2. The second-order valence-electron chi connectivity index (χ2n) is 12.6. The Labute approximate surface area is 237 Å². The second kappa shape index (κ2) is 9.76. The topological polar surface area (TPSA) is 57.8 Å². The number of carbonyl (C=O) groups is 1. The van der Waals surface area contributed by atoms with Gasteiger partial charge < -0.3 is 14.5 Å². The third kappa shape index (κ3) is 4.10. The Balaban J connectivity index is 1.24. The number of ether oxygens (including phenoxy) is 2. The number of aromatic amines is 1. The van der Waals surface area contributed by atoms with Gasteiger partial charge in [-0.2, -0.15) is 0 Å². The second-order valence-corrected chi connectivity index (χ2v) is 12.6. The van der Waals surface area contributed by atoms with Gasteiger partial charge >= 0.3 is 5.97 Å². The number of benzene rings is 2. The van der Waals surface area contributed by atoms with Crippen molar-refractivity contribution in [2.24, 2.45) is 5.41 Å². The molecule has 218 valence electrons. The van der Waals surface area contributed by atoms with E-state index >= 15 is 8.78 Å². The van der Waals surface area contributed by atoms with Crippen molar-refractivity contribution >= 4 is 16.9 Å². The summed E-state index contributed by atoms with van der Waals surface area (Å²) in [4.78, 5) is 20.4. The SMILES string of the molecule is COC(=O)C12CC(N3[C@H](c4c(F)cc(OC5CCN(CCCF)C5)cc4F)c4[nH]c5ccccc5c4C[C@H]3C)(C1)C2. The number of likely N-dealkylation sites (tertiary alicyclic amines) is 1. The zero-order valence-electron chi connectivity index (χ0n) is 23.5. The zero-order chi connectivity index (χ0) is 28.5. The lowest BCUT2D eigenvalue weighted by Gasteiger charge is -2.74. The molecule has 0 spiro atoms. The number of carbonyl (C=O) groups excluding carboxylic acids is 1. The molecule has 1 N–H and O–H groups in total. The molecule has 8 rings (SSSR count). The minimum atomic E-state index is -0.672. The third-order valence-corrected chi connectivity index (χ3v) is 10.0. The van der Waals surface area contributed by atoms with E-state index in [1.807, 2.05) is 18.2 Å². The Hall–Kier alpha value is -3.04. The van der Waals surface area contributed by atoms with Crippen LogP contribution in [-0.4, -0.2) is 71.9 Å². The van der Waals surface area contributed by atoms with Gasteiger partial charge in [0.15, 0.2) is 0 Å². The molecule has 3 aliphatic carbocycles. The number of H-pyrrole nitrogens is 1. The standard InChI is InChI=1S/C32H36F3N3O3/c1-19-12-23-22-6-3-4-7-26(22)36-28(23)29(38(19)32-16-31(17-32,18-32)30(39)40-2)27-24(34)13-21(14-25(27)35)41-20-8-11-37(15-20)10-5-9-33/h3-4,6-7,13-14,19-20,29,36H,5,8-12,15-18H2,1-2H3/t19-,20?,29-,31?,32?/m1/s1. The quantitative estimate of drug-likeness (QED) is 0.355. The van der Waals surface area contributed by atoms with Crippen molar-refractivity contribution in [1.29, 1.82) is 0 Å². The van der Waals surface area contributed by atoms with Gasteiger partial charge in [-0.3, -0.25) is 19.0 Å². The number of halogens is 3. The van der Waals surface area contributed by atoms with E-state index in [-0.39, 0.29) is 41.6 Å². The lowest BCUT2D eigenvalue weighted by atomic mass is 9.38. The number of nitrogens with one attached hydrogen (secondary N) is 1. The summed E-state index contributed by atoms with van der Waals surface area (Å²) in [6, 6.07) is 9.94. The number of methoxy groups -OCH3 is 1. The fourth-order valence-electron chi connectivity index (χ4n) is 8.39. The number of fused-ring (bicyclic) bond motifs is 3. The highest BCUT2D eigenvalue weighted by Gasteiger charge is 2.76. The zero-order valence-corrected chi connectivity index (χ0v) is 23.5. The van der Waals surface area contributed by atoms with Gasteiger partial charge in [-0.05, 0) is 57.1 Å². The summed E-state index contributed by atoms with van der Waals surface area (Å²) in [7, 11) is 1.42. The first kappa shape index (κ1) is 26.8. The molecule has 41 heavy (non-hydrogen) atoms. The number of nitrogens with zero attached hydrogens (tertiary/aromatic N) is 2. The summed E-state index contributed by atoms with van der Waals surface area (Å²) < 4.78 is 56.0. The van der Waals surface area contributed by atoms with Crippen LogP contribution in [0.4, 0.5) is 13.2 Å². The molecule has 4 fully saturated rings. The van der Waals surface area contributed by atoms with Crippen LogP contribution in [0.3, 0.4) is 0 Å². The van der Waals surface area contributed by atoms with Crippen LogP contribution in [0, 0.1) is 17.0 Å². The van der Waals surface area contributed by atoms with Crippen molar-refractivity contribution in [1.82, 2.24) is 14.8 Å². The molecule has 2 bridgehead atoms. The lowest BCUT2D eigenvalue weighted by Crippen LogP contribution is -2.79. The summed E-state index contributed by atoms with van der Waals surface area (Å²) in [5, 5.41) is 1.07. The monoisotopic (exact) mass is 567 g/mol. The van der Waals surface area contributed by atoms with Crippen molar-refractivity contribution in [3.05, 3.63) is 64.9 Å². The Morgan fingerprint density at radius 2 is 1.88 bits per heavy atom. The van der Waals surface area contributed by atoms with Crippen molar-refractivity contribution < 1.29 is 27.4 Å². The van der Waals surface area contributed by atoms with Gasteiger partial charge in [0.1, 0.15) is 23.5 Å². The van der Waals surface area contributed by atoms with Crippen LogP contribution >= 0.6 is 0 Å². The number of aromatic nitrogens is 1. The number of para-hydroxylation sites is 1. The van der Waals surface area contributed by atoms with Gasteiger partial charge in [0.05, 0.1) is 25.2 Å². The lowest BCUT2D eigenvalue weighted by molar-refractivity contribution is -0.248. The fourth-order valence-corrected chi connectivity index (χ4v) is 8.39. The molecular formula is C32H36F3N3O3. The first-order chi connectivity index (χ1) is 19.8. The molecule has 3 aromatic rings. The van der Waals surface area contributed by atoms with Crippen LogP contribution in [0.5, 0.6) is 5.75 Å². The average Bonchev–Trinajstić information content (AvgIpc) is 3.50. The van der Waals surface area contributed by atoms with Crippen molar-refractivity contribution in [3.63, 3.8) is 0 Å². The normalized spacial score (nSPS) is 31.0. The minimum Gasteiger partial charge on any atom is -0.489 e. The van der Waals surface area contributed by atoms with E-state index in [1.54, 1.807) is 0 Å². The van der Waals surface area contributed by atoms with Crippen LogP contribution in [0.1, 0.15) is 61.9 Å². The number of alkyl halides is 1. The molecule has 1 aromatic heterocycles. The predicted molar refractivity (Wildman–Crippen MR) is 149 cm³/mol. The van der Waals surface area contributed by atoms with Gasteiger partial charge in [-0.25, -0.2) is 8.78 Å². The largest absolute Gasteiger partial charge is 0.489 e. The Bertz CT molecular complexity index is 1460. The van der Waals surface area contributed by atoms with E-state index in [2.05, 4.69) is 27.8 Å².